The molecule has 1 aliphatic rings. The van der Waals surface area contributed by atoms with Crippen molar-refractivity contribution < 1.29 is 10.2 Å². The number of nitrogens with one attached hydrogen (secondary N) is 1. The molecule has 2 rings (SSSR count). The Kier molecular flexibility index (Phi) is 3.17. The van der Waals surface area contributed by atoms with E-state index in [1.165, 1.54) is 43.9 Å². The molecule has 0 bridgehead atoms. The number of hydrogen-bond donors (Lipinski definition) is 2. The van der Waals surface area contributed by atoms with Crippen LogP contribution in [0.15, 0.2) is 24.3 Å². The van der Waals surface area contributed by atoms with Gasteiger partial charge in [-0.2, -0.15) is 0 Å². The number of rotatable bonds is 2. The van der Waals surface area contributed by atoms with E-state index < -0.39 is 0 Å². The fourth-order valence-electron chi connectivity index (χ4n) is 2.17. The van der Waals surface area contributed by atoms with Crippen LogP contribution in [0.25, 0.3) is 0 Å². The highest BCUT2D eigenvalue weighted by Gasteiger charge is 2.15. The molecule has 1 aromatic rings. The smallest absolute Gasteiger partial charge is 0.127 e. The Labute approximate surface area is 85.9 Å². The van der Waals surface area contributed by atoms with E-state index in [9.17, 15) is 0 Å². The first-order valence-electron chi connectivity index (χ1n) is 5.55. The molecule has 0 unspecified atom stereocenters. The average molecular weight is 192 g/mol. The summed E-state index contributed by atoms with van der Waals surface area (Å²) in [4.78, 5) is 1.73. The van der Waals surface area contributed by atoms with Crippen molar-refractivity contribution in [3.8, 4) is 0 Å². The third-order valence-corrected chi connectivity index (χ3v) is 2.94. The summed E-state index contributed by atoms with van der Waals surface area (Å²) < 4.78 is 0. The standard InChI is InChI=1S/C12H18N2/c1-11-3-2-4-12(9-11)10-14-7-5-13-6-8-14/h2-4,9,13H,5-8,10H2,1H3/p+2. The molecule has 1 heterocycles. The summed E-state index contributed by atoms with van der Waals surface area (Å²) in [6, 6.07) is 8.90. The van der Waals surface area contributed by atoms with E-state index in [-0.39, 0.29) is 0 Å². The molecule has 1 aromatic carbocycles. The van der Waals surface area contributed by atoms with E-state index in [0.717, 1.165) is 0 Å². The van der Waals surface area contributed by atoms with Gasteiger partial charge < -0.3 is 10.2 Å². The van der Waals surface area contributed by atoms with Gasteiger partial charge in [-0.15, -0.1) is 0 Å². The molecule has 0 aliphatic carbocycles. The van der Waals surface area contributed by atoms with Crippen LogP contribution in [0.4, 0.5) is 0 Å². The number of piperazine rings is 1. The van der Waals surface area contributed by atoms with Gasteiger partial charge in [0.25, 0.3) is 0 Å². The van der Waals surface area contributed by atoms with Gasteiger partial charge in [-0.05, 0) is 6.92 Å². The highest BCUT2D eigenvalue weighted by molar-refractivity contribution is 5.21. The Balaban J connectivity index is 1.95. The first-order valence-corrected chi connectivity index (χ1v) is 5.55. The molecule has 2 nitrogen and oxygen atoms in total. The lowest BCUT2D eigenvalue weighted by molar-refractivity contribution is -0.958. The van der Waals surface area contributed by atoms with Crippen LogP contribution >= 0.6 is 0 Å². The lowest BCUT2D eigenvalue weighted by atomic mass is 10.1. The van der Waals surface area contributed by atoms with Gasteiger partial charge in [0, 0.05) is 5.56 Å². The van der Waals surface area contributed by atoms with Crippen LogP contribution in [0.2, 0.25) is 0 Å². The molecule has 0 radical (unpaired) electrons. The SMILES string of the molecule is Cc1cccc(C[NH+]2CC[NH2+]CC2)c1. The number of nitrogens with two attached hydrogens (primary N) is 1. The van der Waals surface area contributed by atoms with Crippen LogP contribution in [-0.2, 0) is 6.54 Å². The molecule has 76 valence electrons. The van der Waals surface area contributed by atoms with E-state index in [1.54, 1.807) is 4.90 Å². The minimum Gasteiger partial charge on any atom is -0.337 e. The summed E-state index contributed by atoms with van der Waals surface area (Å²) in [6.45, 7) is 8.59. The van der Waals surface area contributed by atoms with Crippen molar-refractivity contribution in [3.63, 3.8) is 0 Å². The third-order valence-electron chi connectivity index (χ3n) is 2.94. The summed E-state index contributed by atoms with van der Waals surface area (Å²) in [5, 5.41) is 2.42. The summed E-state index contributed by atoms with van der Waals surface area (Å²) in [5.74, 6) is 0. The molecule has 1 fully saturated rings. The van der Waals surface area contributed by atoms with Gasteiger partial charge in [0.05, 0.1) is 0 Å². The topological polar surface area (TPSA) is 21.1 Å². The first kappa shape index (κ1) is 9.69. The fourth-order valence-corrected chi connectivity index (χ4v) is 2.17. The number of hydrogen-bond acceptors (Lipinski definition) is 0. The van der Waals surface area contributed by atoms with Crippen molar-refractivity contribution in [1.82, 2.24) is 0 Å². The Bertz CT molecular complexity index is 290. The van der Waals surface area contributed by atoms with E-state index in [1.807, 2.05) is 0 Å². The first-order chi connectivity index (χ1) is 6.84. The summed E-state index contributed by atoms with van der Waals surface area (Å²) in [6.07, 6.45) is 0. The predicted molar refractivity (Wildman–Crippen MR) is 57.2 cm³/mol. The van der Waals surface area contributed by atoms with Crippen LogP contribution in [0.3, 0.4) is 0 Å². The van der Waals surface area contributed by atoms with Gasteiger partial charge >= 0.3 is 0 Å². The zero-order valence-corrected chi connectivity index (χ0v) is 8.92. The summed E-state index contributed by atoms with van der Waals surface area (Å²) in [7, 11) is 0. The van der Waals surface area contributed by atoms with Crippen LogP contribution in [-0.4, -0.2) is 26.2 Å². The molecule has 1 saturated heterocycles. The highest BCUT2D eigenvalue weighted by atomic mass is 15.2. The molecule has 0 amide bonds. The predicted octanol–water partition coefficient (Wildman–Crippen LogP) is -1.04. The van der Waals surface area contributed by atoms with Crippen LogP contribution < -0.4 is 10.2 Å². The van der Waals surface area contributed by atoms with Gasteiger partial charge in [0.1, 0.15) is 32.7 Å². The van der Waals surface area contributed by atoms with E-state index in [0.29, 0.717) is 0 Å². The van der Waals surface area contributed by atoms with E-state index >= 15 is 0 Å². The highest BCUT2D eigenvalue weighted by Crippen LogP contribution is 2.01. The second kappa shape index (κ2) is 4.58. The van der Waals surface area contributed by atoms with Crippen molar-refractivity contribution in [2.75, 3.05) is 26.2 Å². The summed E-state index contributed by atoms with van der Waals surface area (Å²) >= 11 is 0. The van der Waals surface area contributed by atoms with Crippen molar-refractivity contribution in [2.24, 2.45) is 0 Å². The lowest BCUT2D eigenvalue weighted by Crippen LogP contribution is -3.19. The minimum absolute atomic E-state index is 1.20. The van der Waals surface area contributed by atoms with Crippen molar-refractivity contribution in [1.29, 1.82) is 0 Å². The quantitative estimate of drug-likeness (QED) is 0.597. The zero-order chi connectivity index (χ0) is 9.80. The molecule has 2 heteroatoms. The maximum atomic E-state index is 2.42. The third kappa shape index (κ3) is 2.56. The maximum absolute atomic E-state index is 2.42. The van der Waals surface area contributed by atoms with Gasteiger partial charge in [-0.25, -0.2) is 0 Å². The Hall–Kier alpha value is -0.860. The molecular weight excluding hydrogens is 172 g/mol. The maximum Gasteiger partial charge on any atom is 0.127 e. The minimum atomic E-state index is 1.20. The van der Waals surface area contributed by atoms with E-state index in [4.69, 9.17) is 0 Å². The molecule has 0 saturated carbocycles. The molecular formula is C12H20N2+2. The van der Waals surface area contributed by atoms with Gasteiger partial charge in [0.2, 0.25) is 0 Å². The molecule has 0 aromatic heterocycles. The van der Waals surface area contributed by atoms with Crippen molar-refractivity contribution >= 4 is 0 Å². The molecule has 0 spiro atoms. The van der Waals surface area contributed by atoms with Crippen LogP contribution in [0, 0.1) is 6.92 Å². The lowest BCUT2D eigenvalue weighted by Gasteiger charge is -2.22. The van der Waals surface area contributed by atoms with Crippen molar-refractivity contribution in [2.45, 2.75) is 13.5 Å². The van der Waals surface area contributed by atoms with Gasteiger partial charge in [0.15, 0.2) is 0 Å². The number of benzene rings is 1. The van der Waals surface area contributed by atoms with Gasteiger partial charge in [-0.3, -0.25) is 0 Å². The molecule has 3 N–H and O–H groups in total. The Morgan fingerprint density at radius 3 is 2.79 bits per heavy atom. The fraction of sp³-hybridized carbons (Fsp3) is 0.500. The average Bonchev–Trinajstić information content (AvgIpc) is 2.19. The molecule has 1 aliphatic heterocycles. The van der Waals surface area contributed by atoms with E-state index in [2.05, 4.69) is 36.5 Å². The van der Waals surface area contributed by atoms with Crippen LogP contribution in [0.1, 0.15) is 11.1 Å². The molecule has 0 atom stereocenters. The monoisotopic (exact) mass is 192 g/mol. The number of quaternary nitrogens is 2. The Morgan fingerprint density at radius 2 is 2.07 bits per heavy atom. The second-order valence-electron chi connectivity index (χ2n) is 4.28. The largest absolute Gasteiger partial charge is 0.337 e. The van der Waals surface area contributed by atoms with Gasteiger partial charge in [-0.1, -0.05) is 29.8 Å². The zero-order valence-electron chi connectivity index (χ0n) is 8.92. The summed E-state index contributed by atoms with van der Waals surface area (Å²) in [5.41, 5.74) is 2.87. The number of aryl methyl sites for hydroxylation is 1. The second-order valence-corrected chi connectivity index (χ2v) is 4.28. The normalized spacial score (nSPS) is 18.4. The Morgan fingerprint density at radius 1 is 1.29 bits per heavy atom. The molecule has 14 heavy (non-hydrogen) atoms. The van der Waals surface area contributed by atoms with Crippen molar-refractivity contribution in [3.05, 3.63) is 35.4 Å². The van der Waals surface area contributed by atoms with Crippen LogP contribution in [0.5, 0.6) is 0 Å².